The minimum Gasteiger partial charge on any atom is -0.726 e. The second kappa shape index (κ2) is 41.5. The molecule has 0 aromatic rings. The summed E-state index contributed by atoms with van der Waals surface area (Å²) in [5.41, 5.74) is 0. The van der Waals surface area contributed by atoms with E-state index >= 15 is 0 Å². The predicted molar refractivity (Wildman–Crippen MR) is 172 cm³/mol. The first-order chi connectivity index (χ1) is 20.1. The molecule has 0 amide bonds. The molecule has 0 spiro atoms. The molecule has 0 fully saturated rings. The average Bonchev–Trinajstić information content (AvgIpc) is 2.92. The molecule has 0 aliphatic carbocycles. The molecule has 0 rings (SSSR count). The van der Waals surface area contributed by atoms with E-state index in [-0.39, 0.29) is 94.2 Å². The number of hydrogen-bond acceptors (Lipinski definition) is 8. The Balaban J connectivity index is -0.000000348. The van der Waals surface area contributed by atoms with Crippen LogP contribution in [-0.4, -0.2) is 39.2 Å². The van der Waals surface area contributed by atoms with Crippen molar-refractivity contribution in [3.63, 3.8) is 0 Å². The van der Waals surface area contributed by atoms with E-state index in [9.17, 15) is 25.9 Å². The Bertz CT molecular complexity index is 679. The molecule has 256 valence electrons. The topological polar surface area (TPSA) is 133 Å². The van der Waals surface area contributed by atoms with Gasteiger partial charge in [0.05, 0.1) is 13.2 Å². The van der Waals surface area contributed by atoms with Crippen molar-refractivity contribution in [2.45, 2.75) is 194 Å². The van der Waals surface area contributed by atoms with E-state index in [0.717, 1.165) is 25.7 Å². The van der Waals surface area contributed by atoms with Crippen molar-refractivity contribution >= 4 is 20.8 Å². The van der Waals surface area contributed by atoms with Crippen molar-refractivity contribution in [1.29, 1.82) is 0 Å². The zero-order valence-corrected chi connectivity index (χ0v) is 36.1. The fourth-order valence-corrected chi connectivity index (χ4v) is 5.56. The molecule has 8 nitrogen and oxygen atoms in total. The SMILES string of the molecule is CCCCCCCCCCCCCCCCOS(=O)(=O)[O-].CCCCCCCCCCCCCCCCOS(=O)(=O)[O-].[K+].[Na+]. The van der Waals surface area contributed by atoms with Crippen LogP contribution in [0.4, 0.5) is 0 Å². The van der Waals surface area contributed by atoms with Crippen LogP contribution in [0.15, 0.2) is 0 Å². The Morgan fingerprint density at radius 1 is 0.364 bits per heavy atom. The van der Waals surface area contributed by atoms with Gasteiger partial charge >= 0.3 is 80.9 Å². The second-order valence-electron chi connectivity index (χ2n) is 11.7. The molecule has 0 aliphatic heterocycles. The number of rotatable bonds is 32. The van der Waals surface area contributed by atoms with Gasteiger partial charge in [0.1, 0.15) is 0 Å². The van der Waals surface area contributed by atoms with E-state index in [0.29, 0.717) is 12.8 Å². The van der Waals surface area contributed by atoms with Crippen LogP contribution in [0.25, 0.3) is 0 Å². The Labute approximate surface area is 338 Å². The molecule has 44 heavy (non-hydrogen) atoms. The zero-order chi connectivity index (χ0) is 31.6. The smallest absolute Gasteiger partial charge is 0.726 e. The Morgan fingerprint density at radius 3 is 0.682 bits per heavy atom. The van der Waals surface area contributed by atoms with Gasteiger partial charge in [0.25, 0.3) is 0 Å². The van der Waals surface area contributed by atoms with Gasteiger partial charge < -0.3 is 9.11 Å². The fourth-order valence-electron chi connectivity index (χ4n) is 4.92. The van der Waals surface area contributed by atoms with Crippen LogP contribution >= 0.6 is 0 Å². The largest absolute Gasteiger partial charge is 1.00 e. The monoisotopic (exact) mass is 704 g/mol. The predicted octanol–water partition coefficient (Wildman–Crippen LogP) is 3.90. The van der Waals surface area contributed by atoms with Gasteiger partial charge in [0.2, 0.25) is 20.8 Å². The van der Waals surface area contributed by atoms with E-state index < -0.39 is 20.8 Å². The molecular weight excluding hydrogens is 639 g/mol. The van der Waals surface area contributed by atoms with E-state index in [4.69, 9.17) is 0 Å². The van der Waals surface area contributed by atoms with Crippen molar-refractivity contribution in [3.05, 3.63) is 0 Å². The summed E-state index contributed by atoms with van der Waals surface area (Å²) in [4.78, 5) is 0. The molecular formula is C32H66KNaO8S2. The standard InChI is InChI=1S/2C16H34O4S.K.Na/c2*1-2-3-4-5-6-7-8-9-10-11-12-13-14-15-16-20-21(17,18)19;;/h2*2-16H2,1H3,(H,17,18,19);;/q;;2*+1/p-2. The molecule has 12 heteroatoms. The van der Waals surface area contributed by atoms with Gasteiger partial charge in [-0.3, -0.25) is 8.37 Å². The Kier molecular flexibility index (Phi) is 50.2. The van der Waals surface area contributed by atoms with Crippen molar-refractivity contribution in [2.24, 2.45) is 0 Å². The van der Waals surface area contributed by atoms with Gasteiger partial charge in [-0.2, -0.15) is 0 Å². The van der Waals surface area contributed by atoms with Crippen LogP contribution in [0.5, 0.6) is 0 Å². The quantitative estimate of drug-likeness (QED) is 0.0446. The first kappa shape index (κ1) is 53.2. The first-order valence-corrected chi connectivity index (χ1v) is 20.0. The minimum absolute atomic E-state index is 0. The van der Waals surface area contributed by atoms with Gasteiger partial charge in [0.15, 0.2) is 0 Å². The molecule has 0 radical (unpaired) electrons. The summed E-state index contributed by atoms with van der Waals surface area (Å²) in [6, 6.07) is 0. The normalized spacial score (nSPS) is 11.4. The summed E-state index contributed by atoms with van der Waals surface area (Å²) >= 11 is 0. The molecule has 0 atom stereocenters. The molecule has 0 saturated carbocycles. The summed E-state index contributed by atoms with van der Waals surface area (Å²) in [7, 11) is -8.98. The maximum Gasteiger partial charge on any atom is 1.00 e. The molecule has 0 N–H and O–H groups in total. The Morgan fingerprint density at radius 2 is 0.523 bits per heavy atom. The van der Waals surface area contributed by atoms with E-state index in [1.54, 1.807) is 0 Å². The van der Waals surface area contributed by atoms with Crippen LogP contribution in [0.3, 0.4) is 0 Å². The summed E-state index contributed by atoms with van der Waals surface area (Å²) in [6.07, 6.45) is 34.8. The maximum atomic E-state index is 10.2. The van der Waals surface area contributed by atoms with E-state index in [1.165, 1.54) is 141 Å². The van der Waals surface area contributed by atoms with Crippen LogP contribution in [-0.2, 0) is 29.2 Å². The van der Waals surface area contributed by atoms with Crippen molar-refractivity contribution in [1.82, 2.24) is 0 Å². The molecule has 0 aromatic carbocycles. The van der Waals surface area contributed by atoms with E-state index in [1.807, 2.05) is 0 Å². The van der Waals surface area contributed by atoms with Crippen molar-refractivity contribution in [2.75, 3.05) is 13.2 Å². The third-order valence-electron chi connectivity index (χ3n) is 7.45. The van der Waals surface area contributed by atoms with Crippen LogP contribution in [0, 0.1) is 0 Å². The van der Waals surface area contributed by atoms with E-state index in [2.05, 4.69) is 22.2 Å². The maximum absolute atomic E-state index is 10.2. The van der Waals surface area contributed by atoms with Gasteiger partial charge in [-0.1, -0.05) is 181 Å². The zero-order valence-electron chi connectivity index (χ0n) is 29.3. The molecule has 0 saturated heterocycles. The van der Waals surface area contributed by atoms with Crippen molar-refractivity contribution < 1.29 is 115 Å². The molecule has 0 heterocycles. The molecule has 0 aliphatic rings. The minimum atomic E-state index is -4.49. The van der Waals surface area contributed by atoms with Crippen LogP contribution in [0.1, 0.15) is 194 Å². The average molecular weight is 705 g/mol. The second-order valence-corrected chi connectivity index (χ2v) is 13.8. The molecule has 0 aromatic heterocycles. The van der Waals surface area contributed by atoms with Crippen molar-refractivity contribution in [3.8, 4) is 0 Å². The first-order valence-electron chi connectivity index (χ1n) is 17.3. The third kappa shape index (κ3) is 56.7. The molecule has 0 bridgehead atoms. The number of hydrogen-bond donors (Lipinski definition) is 0. The third-order valence-corrected chi connectivity index (χ3v) is 8.36. The van der Waals surface area contributed by atoms with Gasteiger partial charge in [-0.15, -0.1) is 0 Å². The number of unbranched alkanes of at least 4 members (excludes halogenated alkanes) is 26. The molecule has 0 unspecified atom stereocenters. The summed E-state index contributed by atoms with van der Waals surface area (Å²) in [5, 5.41) is 0. The van der Waals surface area contributed by atoms with Crippen LogP contribution < -0.4 is 80.9 Å². The fraction of sp³-hybridized carbons (Fsp3) is 1.00. The summed E-state index contributed by atoms with van der Waals surface area (Å²) < 4.78 is 69.4. The summed E-state index contributed by atoms with van der Waals surface area (Å²) in [5.74, 6) is 0. The van der Waals surface area contributed by atoms with Gasteiger partial charge in [-0.25, -0.2) is 16.8 Å². The summed E-state index contributed by atoms with van der Waals surface area (Å²) in [6.45, 7) is 4.56. The van der Waals surface area contributed by atoms with Gasteiger partial charge in [-0.05, 0) is 12.8 Å². The van der Waals surface area contributed by atoms with Crippen LogP contribution in [0.2, 0.25) is 0 Å². The Hall–Kier alpha value is 2.38. The van der Waals surface area contributed by atoms with Gasteiger partial charge in [0, 0.05) is 0 Å².